The number of unbranched alkanes of at least 4 members (excludes halogenated alkanes) is 6. The first kappa shape index (κ1) is 65.5. The number of benzene rings is 6. The van der Waals surface area contributed by atoms with Crippen LogP contribution in [0.5, 0.6) is 11.5 Å². The zero-order valence-electron chi connectivity index (χ0n) is 55.3. The normalized spacial score (nSPS) is 12.0. The van der Waals surface area contributed by atoms with Crippen LogP contribution < -0.4 is 20.1 Å². The molecule has 11 rings (SSSR count). The van der Waals surface area contributed by atoms with Gasteiger partial charge in [-0.15, -0.1) is 0 Å². The van der Waals surface area contributed by atoms with E-state index in [0.29, 0.717) is 26.3 Å². The van der Waals surface area contributed by atoms with Crippen molar-refractivity contribution in [3.05, 3.63) is 247 Å². The van der Waals surface area contributed by atoms with Gasteiger partial charge in [0.25, 0.3) is 0 Å². The lowest BCUT2D eigenvalue weighted by Gasteiger charge is -2.19. The summed E-state index contributed by atoms with van der Waals surface area (Å²) in [6.07, 6.45) is 17.5. The number of hydrogen-bond donors (Lipinski definition) is 4. The van der Waals surface area contributed by atoms with Gasteiger partial charge in [-0.05, 0) is 191 Å². The Kier molecular flexibility index (Phi) is 21.7. The Labute approximate surface area is 553 Å². The molecule has 0 atom stereocenters. The van der Waals surface area contributed by atoms with E-state index >= 15 is 0 Å². The predicted octanol–water partition coefficient (Wildman–Crippen LogP) is 18.9. The van der Waals surface area contributed by atoms with E-state index < -0.39 is 0 Å². The van der Waals surface area contributed by atoms with E-state index in [-0.39, 0.29) is 10.8 Å². The molecule has 14 heteroatoms. The minimum absolute atomic E-state index is 0.0168. The van der Waals surface area contributed by atoms with E-state index in [1.165, 1.54) is 22.3 Å². The number of ether oxygens (including phenoxy) is 2. The molecule has 478 valence electrons. The van der Waals surface area contributed by atoms with Crippen LogP contribution in [0.1, 0.15) is 149 Å². The molecule has 9 aromatic rings. The zero-order valence-corrected chi connectivity index (χ0v) is 55.3. The SMILES string of the molecule is CC(C)(C)c1ccc(-c2c3nc(c(-c4ccc(OCCCCCC[NH2+]Cc5ccc(CN=[N+]=[N-])cc5)cc4)c4ccc([nH]4)c(-c4ccc(C(C)(C)C)cc4)c4nc(c(-c5ccc(OCCCCCC[NH2+]Cc6ccc(CN=[N+]=[N-])cc6)cc5)c5ccc2[nH]5)C=C4)C=C3)cc1. The highest BCUT2D eigenvalue weighted by atomic mass is 16.5. The number of quaternary nitrogens is 2. The van der Waals surface area contributed by atoms with E-state index in [1.807, 2.05) is 24.3 Å². The second-order valence-electron chi connectivity index (χ2n) is 26.7. The maximum absolute atomic E-state index is 8.62. The molecule has 3 aromatic heterocycles. The lowest BCUT2D eigenvalue weighted by molar-refractivity contribution is -0.671. The lowest BCUT2D eigenvalue weighted by atomic mass is 9.86. The molecular formula is C80H88N12O2+2. The standard InChI is InChI=1S/C80H86N12O2/c1-79(2,3)63-31-23-59(24-32-63)75-67-39-43-71(87-67)77(61-27-35-65(36-28-61)93-49-13-9-7-11-47-83-51-55-15-19-57(20-16-55)53-85-91-81)73-45-41-69(89-73)76(60-25-33-64(34-26-60)80(4,5)6)70-42-46-74(90-70)78(72-44-40-68(75)88-72)62-29-37-66(38-30-62)94-50-14-10-8-12-48-84-52-56-17-21-58(22-18-56)54-86-92-82/h15-46,83-84,87,90H,7-14,47-54H2,1-6H3/p+2. The topological polar surface area (TPSA) is 207 Å². The minimum Gasteiger partial charge on any atom is -0.494 e. The van der Waals surface area contributed by atoms with Crippen LogP contribution in [-0.2, 0) is 37.0 Å². The van der Waals surface area contributed by atoms with Crippen molar-refractivity contribution in [1.82, 2.24) is 19.9 Å². The molecule has 0 saturated heterocycles. The van der Waals surface area contributed by atoms with Crippen LogP contribution in [0.4, 0.5) is 0 Å². The summed E-state index contributed by atoms with van der Waals surface area (Å²) in [6, 6.07) is 60.4. The number of fused-ring (bicyclic) bond motifs is 8. The third-order valence-corrected chi connectivity index (χ3v) is 17.7. The highest BCUT2D eigenvalue weighted by Gasteiger charge is 2.22. The summed E-state index contributed by atoms with van der Waals surface area (Å²) in [6.45, 7) is 19.6. The van der Waals surface area contributed by atoms with E-state index in [4.69, 9.17) is 30.5 Å². The molecule has 6 aromatic carbocycles. The van der Waals surface area contributed by atoms with Gasteiger partial charge in [-0.1, -0.05) is 173 Å². The van der Waals surface area contributed by atoms with Crippen LogP contribution in [-0.4, -0.2) is 46.2 Å². The molecule has 0 fully saturated rings. The van der Waals surface area contributed by atoms with Crippen molar-refractivity contribution in [1.29, 1.82) is 0 Å². The number of rotatable bonds is 28. The molecule has 0 saturated carbocycles. The molecule has 8 bridgehead atoms. The summed E-state index contributed by atoms with van der Waals surface area (Å²) in [5, 5.41) is 12.1. The summed E-state index contributed by atoms with van der Waals surface area (Å²) >= 11 is 0. The third-order valence-electron chi connectivity index (χ3n) is 17.7. The van der Waals surface area contributed by atoms with E-state index in [9.17, 15) is 0 Å². The average molecular weight is 1250 g/mol. The Morgan fingerprint density at radius 3 is 0.979 bits per heavy atom. The van der Waals surface area contributed by atoms with Crippen LogP contribution in [0.2, 0.25) is 0 Å². The van der Waals surface area contributed by atoms with Gasteiger partial charge in [-0.25, -0.2) is 9.97 Å². The van der Waals surface area contributed by atoms with Crippen LogP contribution in [0, 0.1) is 0 Å². The van der Waals surface area contributed by atoms with E-state index in [1.54, 1.807) is 0 Å². The molecule has 0 spiro atoms. The van der Waals surface area contributed by atoms with Gasteiger partial charge in [0.1, 0.15) is 24.6 Å². The second kappa shape index (κ2) is 31.1. The Balaban J connectivity index is 0.877. The summed E-state index contributed by atoms with van der Waals surface area (Å²) in [7, 11) is 0. The van der Waals surface area contributed by atoms with Gasteiger partial charge in [0, 0.05) is 65.3 Å². The van der Waals surface area contributed by atoms with Crippen LogP contribution in [0.25, 0.3) is 112 Å². The molecular weight excluding hydrogens is 1160 g/mol. The van der Waals surface area contributed by atoms with Crippen LogP contribution in [0.3, 0.4) is 0 Å². The maximum Gasteiger partial charge on any atom is 0.119 e. The third kappa shape index (κ3) is 17.0. The number of azide groups is 2. The van der Waals surface area contributed by atoms with Gasteiger partial charge >= 0.3 is 0 Å². The Morgan fingerprint density at radius 1 is 0.372 bits per heavy atom. The quantitative estimate of drug-likeness (QED) is 0.0163. The van der Waals surface area contributed by atoms with Crippen LogP contribution in [0.15, 0.2) is 180 Å². The number of nitrogens with two attached hydrogens (primary N) is 2. The average Bonchev–Trinajstić information content (AvgIpc) is 1.61. The second-order valence-corrected chi connectivity index (χ2v) is 26.7. The molecule has 6 N–H and O–H groups in total. The Hall–Kier alpha value is -9.94. The van der Waals surface area contributed by atoms with Gasteiger partial charge in [0.2, 0.25) is 0 Å². The summed E-state index contributed by atoms with van der Waals surface area (Å²) < 4.78 is 12.8. The summed E-state index contributed by atoms with van der Waals surface area (Å²) in [5.74, 6) is 1.68. The number of nitrogens with one attached hydrogen (secondary N) is 2. The van der Waals surface area contributed by atoms with Crippen LogP contribution >= 0.6 is 0 Å². The van der Waals surface area contributed by atoms with E-state index in [0.717, 1.165) is 190 Å². The van der Waals surface area contributed by atoms with Crippen molar-refractivity contribution in [2.45, 2.75) is 130 Å². The maximum atomic E-state index is 8.62. The van der Waals surface area contributed by atoms with Crippen molar-refractivity contribution in [2.75, 3.05) is 26.3 Å². The zero-order chi connectivity index (χ0) is 65.3. The first-order chi connectivity index (χ1) is 45.8. The fourth-order valence-corrected chi connectivity index (χ4v) is 12.3. The number of aromatic nitrogens is 4. The van der Waals surface area contributed by atoms with Gasteiger partial charge in [0.05, 0.1) is 62.2 Å². The molecule has 0 unspecified atom stereocenters. The molecule has 5 heterocycles. The Bertz CT molecular complexity index is 4080. The summed E-state index contributed by atoms with van der Waals surface area (Å²) in [4.78, 5) is 24.8. The predicted molar refractivity (Wildman–Crippen MR) is 386 cm³/mol. The molecule has 14 nitrogen and oxygen atoms in total. The molecule has 0 radical (unpaired) electrons. The van der Waals surface area contributed by atoms with E-state index in [2.05, 4.69) is 252 Å². The van der Waals surface area contributed by atoms with Gasteiger partial charge in [0.15, 0.2) is 0 Å². The molecule has 2 aliphatic heterocycles. The Morgan fingerprint density at radius 2 is 0.670 bits per heavy atom. The first-order valence-electron chi connectivity index (χ1n) is 33.4. The minimum atomic E-state index is -0.0168. The molecule has 0 amide bonds. The number of nitrogens with zero attached hydrogens (tertiary/aromatic N) is 8. The van der Waals surface area contributed by atoms with Crippen molar-refractivity contribution < 1.29 is 20.1 Å². The lowest BCUT2D eigenvalue weighted by Crippen LogP contribution is -2.82. The van der Waals surface area contributed by atoms with Crippen molar-refractivity contribution in [3.8, 4) is 56.0 Å². The monoisotopic (exact) mass is 1250 g/mol. The highest BCUT2D eigenvalue weighted by molar-refractivity contribution is 6.00. The number of H-pyrrole nitrogens is 2. The largest absolute Gasteiger partial charge is 0.494 e. The van der Waals surface area contributed by atoms with Crippen molar-refractivity contribution in [3.63, 3.8) is 0 Å². The smallest absolute Gasteiger partial charge is 0.119 e. The van der Waals surface area contributed by atoms with Gasteiger partial charge in [-0.2, -0.15) is 0 Å². The summed E-state index contributed by atoms with van der Waals surface area (Å²) in [5.41, 5.74) is 39.7. The van der Waals surface area contributed by atoms with Crippen molar-refractivity contribution in [2.24, 2.45) is 10.2 Å². The first-order valence-corrected chi connectivity index (χ1v) is 33.4. The number of aromatic amines is 2. The molecule has 94 heavy (non-hydrogen) atoms. The fourth-order valence-electron chi connectivity index (χ4n) is 12.3. The molecule has 0 aliphatic carbocycles. The fraction of sp³-hybridized carbons (Fsp3) is 0.300. The molecule has 2 aliphatic rings. The highest BCUT2D eigenvalue weighted by Crippen LogP contribution is 2.40. The number of hydrogen-bond acceptors (Lipinski definition) is 6. The van der Waals surface area contributed by atoms with Gasteiger partial charge in [-0.3, -0.25) is 0 Å². The van der Waals surface area contributed by atoms with Gasteiger partial charge < -0.3 is 30.1 Å². The van der Waals surface area contributed by atoms with Crippen molar-refractivity contribution >= 4 is 46.4 Å².